The molecule has 0 spiro atoms. The fourth-order valence-corrected chi connectivity index (χ4v) is 2.13. The van der Waals surface area contributed by atoms with Crippen LogP contribution in [0.15, 0.2) is 24.3 Å². The molecule has 0 aliphatic rings. The first-order valence-electron chi connectivity index (χ1n) is 6.52. The van der Waals surface area contributed by atoms with E-state index in [2.05, 4.69) is 62.4 Å². The molecule has 17 heavy (non-hydrogen) atoms. The van der Waals surface area contributed by atoms with E-state index in [-0.39, 0.29) is 0 Å². The zero-order valence-electron chi connectivity index (χ0n) is 11.7. The number of rotatable bonds is 7. The van der Waals surface area contributed by atoms with Gasteiger partial charge in [-0.1, -0.05) is 24.3 Å². The minimum Gasteiger partial charge on any atom is -0.313 e. The van der Waals surface area contributed by atoms with Gasteiger partial charge in [-0.05, 0) is 58.5 Å². The van der Waals surface area contributed by atoms with E-state index in [1.165, 1.54) is 24.0 Å². The van der Waals surface area contributed by atoms with E-state index in [0.29, 0.717) is 6.04 Å². The second-order valence-electron chi connectivity index (χ2n) is 5.15. The van der Waals surface area contributed by atoms with E-state index in [4.69, 9.17) is 0 Å². The Bertz CT molecular complexity index is 320. The second kappa shape index (κ2) is 7.46. The Hall–Kier alpha value is -0.860. The molecular formula is C15H26N2. The van der Waals surface area contributed by atoms with Crippen molar-refractivity contribution in [3.8, 4) is 0 Å². The summed E-state index contributed by atoms with van der Waals surface area (Å²) in [5.41, 5.74) is 2.89. The summed E-state index contributed by atoms with van der Waals surface area (Å²) >= 11 is 0. The van der Waals surface area contributed by atoms with E-state index in [1.807, 2.05) is 0 Å². The van der Waals surface area contributed by atoms with Gasteiger partial charge in [-0.2, -0.15) is 0 Å². The SMILES string of the molecule is Cc1ccccc1CCCNC(C)CN(C)C. The van der Waals surface area contributed by atoms with E-state index in [0.717, 1.165) is 13.1 Å². The van der Waals surface area contributed by atoms with Gasteiger partial charge in [-0.25, -0.2) is 0 Å². The fraction of sp³-hybridized carbons (Fsp3) is 0.600. The minimum atomic E-state index is 0.571. The van der Waals surface area contributed by atoms with E-state index < -0.39 is 0 Å². The number of hydrogen-bond acceptors (Lipinski definition) is 2. The molecule has 0 bridgehead atoms. The first-order chi connectivity index (χ1) is 8.09. The first-order valence-corrected chi connectivity index (χ1v) is 6.52. The lowest BCUT2D eigenvalue weighted by Gasteiger charge is -2.18. The van der Waals surface area contributed by atoms with Crippen LogP contribution in [0.4, 0.5) is 0 Å². The van der Waals surface area contributed by atoms with Gasteiger partial charge in [0.1, 0.15) is 0 Å². The number of aryl methyl sites for hydroxylation is 2. The summed E-state index contributed by atoms with van der Waals surface area (Å²) in [6, 6.07) is 9.23. The highest BCUT2D eigenvalue weighted by atomic mass is 15.1. The Morgan fingerprint density at radius 1 is 1.24 bits per heavy atom. The maximum Gasteiger partial charge on any atom is 0.0166 e. The smallest absolute Gasteiger partial charge is 0.0166 e. The van der Waals surface area contributed by atoms with Crippen molar-refractivity contribution >= 4 is 0 Å². The Morgan fingerprint density at radius 3 is 2.59 bits per heavy atom. The van der Waals surface area contributed by atoms with Crippen molar-refractivity contribution in [1.82, 2.24) is 10.2 Å². The van der Waals surface area contributed by atoms with Crippen molar-refractivity contribution in [3.63, 3.8) is 0 Å². The van der Waals surface area contributed by atoms with Gasteiger partial charge in [-0.15, -0.1) is 0 Å². The third-order valence-corrected chi connectivity index (χ3v) is 3.02. The van der Waals surface area contributed by atoms with Crippen molar-refractivity contribution in [2.24, 2.45) is 0 Å². The van der Waals surface area contributed by atoms with Gasteiger partial charge in [0.05, 0.1) is 0 Å². The molecule has 0 heterocycles. The van der Waals surface area contributed by atoms with Crippen LogP contribution in [0.25, 0.3) is 0 Å². The molecule has 0 aromatic heterocycles. The van der Waals surface area contributed by atoms with Crippen molar-refractivity contribution in [2.75, 3.05) is 27.2 Å². The normalized spacial score (nSPS) is 13.0. The molecule has 1 aromatic rings. The largest absolute Gasteiger partial charge is 0.313 e. The maximum absolute atomic E-state index is 3.56. The zero-order valence-corrected chi connectivity index (χ0v) is 11.7. The monoisotopic (exact) mass is 234 g/mol. The van der Waals surface area contributed by atoms with Crippen LogP contribution < -0.4 is 5.32 Å². The van der Waals surface area contributed by atoms with Crippen LogP contribution in [0.2, 0.25) is 0 Å². The summed E-state index contributed by atoms with van der Waals surface area (Å²) in [5, 5.41) is 3.56. The highest BCUT2D eigenvalue weighted by Crippen LogP contribution is 2.08. The van der Waals surface area contributed by atoms with Gasteiger partial charge in [0, 0.05) is 12.6 Å². The predicted octanol–water partition coefficient (Wildman–Crippen LogP) is 2.47. The van der Waals surface area contributed by atoms with Gasteiger partial charge in [0.15, 0.2) is 0 Å². The number of hydrogen-bond donors (Lipinski definition) is 1. The van der Waals surface area contributed by atoms with Gasteiger partial charge in [0.25, 0.3) is 0 Å². The lowest BCUT2D eigenvalue weighted by atomic mass is 10.0. The van der Waals surface area contributed by atoms with Crippen molar-refractivity contribution < 1.29 is 0 Å². The third-order valence-electron chi connectivity index (χ3n) is 3.02. The number of benzene rings is 1. The fourth-order valence-electron chi connectivity index (χ4n) is 2.13. The molecule has 1 atom stereocenters. The summed E-state index contributed by atoms with van der Waals surface area (Å²) in [6.07, 6.45) is 2.39. The summed E-state index contributed by atoms with van der Waals surface area (Å²) in [4.78, 5) is 2.22. The van der Waals surface area contributed by atoms with Gasteiger partial charge in [-0.3, -0.25) is 0 Å². The summed E-state index contributed by atoms with van der Waals surface area (Å²) in [7, 11) is 4.23. The number of likely N-dealkylation sites (N-methyl/N-ethyl adjacent to an activating group) is 1. The Balaban J connectivity index is 2.18. The molecule has 0 amide bonds. The van der Waals surface area contributed by atoms with Gasteiger partial charge in [0.2, 0.25) is 0 Å². The highest BCUT2D eigenvalue weighted by Gasteiger charge is 2.02. The van der Waals surface area contributed by atoms with Gasteiger partial charge >= 0.3 is 0 Å². The Morgan fingerprint density at radius 2 is 1.94 bits per heavy atom. The van der Waals surface area contributed by atoms with E-state index in [9.17, 15) is 0 Å². The van der Waals surface area contributed by atoms with Crippen LogP contribution in [0.1, 0.15) is 24.5 Å². The molecule has 0 saturated carbocycles. The topological polar surface area (TPSA) is 15.3 Å². The molecule has 0 radical (unpaired) electrons. The van der Waals surface area contributed by atoms with E-state index in [1.54, 1.807) is 0 Å². The van der Waals surface area contributed by atoms with Crippen molar-refractivity contribution in [3.05, 3.63) is 35.4 Å². The molecule has 0 fully saturated rings. The van der Waals surface area contributed by atoms with Crippen molar-refractivity contribution in [1.29, 1.82) is 0 Å². The summed E-state index contributed by atoms with van der Waals surface area (Å²) in [6.45, 7) is 6.64. The highest BCUT2D eigenvalue weighted by molar-refractivity contribution is 5.25. The molecule has 2 heteroatoms. The predicted molar refractivity (Wildman–Crippen MR) is 75.5 cm³/mol. The third kappa shape index (κ3) is 5.85. The molecule has 1 aromatic carbocycles. The molecule has 0 aliphatic carbocycles. The van der Waals surface area contributed by atoms with Crippen LogP contribution in [0, 0.1) is 6.92 Å². The summed E-state index contributed by atoms with van der Waals surface area (Å²) < 4.78 is 0. The lowest BCUT2D eigenvalue weighted by Crippen LogP contribution is -2.36. The standard InChI is InChI=1S/C15H26N2/c1-13-8-5-6-9-15(13)10-7-11-16-14(2)12-17(3)4/h5-6,8-9,14,16H,7,10-12H2,1-4H3. The van der Waals surface area contributed by atoms with E-state index >= 15 is 0 Å². The Labute approximate surface area is 106 Å². The Kier molecular flexibility index (Phi) is 6.23. The average Bonchev–Trinajstić information content (AvgIpc) is 2.25. The van der Waals surface area contributed by atoms with Crippen LogP contribution in [-0.2, 0) is 6.42 Å². The number of nitrogens with zero attached hydrogens (tertiary/aromatic N) is 1. The molecular weight excluding hydrogens is 208 g/mol. The lowest BCUT2D eigenvalue weighted by molar-refractivity contribution is 0.349. The van der Waals surface area contributed by atoms with Crippen LogP contribution in [0.3, 0.4) is 0 Å². The van der Waals surface area contributed by atoms with Crippen LogP contribution >= 0.6 is 0 Å². The average molecular weight is 234 g/mol. The molecule has 1 unspecified atom stereocenters. The van der Waals surface area contributed by atoms with Crippen LogP contribution in [0.5, 0.6) is 0 Å². The van der Waals surface area contributed by atoms with Crippen LogP contribution in [-0.4, -0.2) is 38.1 Å². The van der Waals surface area contributed by atoms with Crippen molar-refractivity contribution in [2.45, 2.75) is 32.7 Å². The molecule has 0 saturated heterocycles. The second-order valence-corrected chi connectivity index (χ2v) is 5.15. The zero-order chi connectivity index (χ0) is 12.7. The first kappa shape index (κ1) is 14.2. The molecule has 0 aliphatic heterocycles. The molecule has 1 N–H and O–H groups in total. The maximum atomic E-state index is 3.56. The van der Waals surface area contributed by atoms with Gasteiger partial charge < -0.3 is 10.2 Å². The quantitative estimate of drug-likeness (QED) is 0.729. The minimum absolute atomic E-state index is 0.571. The number of nitrogens with one attached hydrogen (secondary N) is 1. The molecule has 2 nitrogen and oxygen atoms in total. The molecule has 1 rings (SSSR count). The summed E-state index contributed by atoms with van der Waals surface area (Å²) in [5.74, 6) is 0. The molecule has 96 valence electrons.